The highest BCUT2D eigenvalue weighted by Crippen LogP contribution is 2.15. The van der Waals surface area contributed by atoms with Crippen molar-refractivity contribution < 1.29 is 9.72 Å². The Morgan fingerprint density at radius 1 is 1.38 bits per heavy atom. The van der Waals surface area contributed by atoms with Crippen LogP contribution in [-0.4, -0.2) is 36.0 Å². The van der Waals surface area contributed by atoms with E-state index in [4.69, 9.17) is 0 Å². The van der Waals surface area contributed by atoms with Crippen molar-refractivity contribution in [3.05, 3.63) is 34.4 Å². The van der Waals surface area contributed by atoms with E-state index in [0.29, 0.717) is 19.0 Å². The number of carbonyl (C=O) groups is 1. The van der Waals surface area contributed by atoms with Crippen molar-refractivity contribution in [3.63, 3.8) is 0 Å². The Kier molecular flexibility index (Phi) is 8.49. The van der Waals surface area contributed by atoms with Crippen LogP contribution in [0.2, 0.25) is 0 Å². The first kappa shape index (κ1) is 20.2. The molecular weight excluding hydrogens is 332 g/mol. The first-order valence-electron chi connectivity index (χ1n) is 8.05. The lowest BCUT2D eigenvalue weighted by molar-refractivity contribution is -0.384. The standard InChI is InChI=1S/C16H24N4O3.ClH/c1-12-11-14(8-10-17-12)19-16(21)3-2-9-18-13-4-6-15(7-5-13)20(22)23;/h4-7,12,14,17-18H,2-3,8-11H2,1H3,(H,19,21);1H. The van der Waals surface area contributed by atoms with Crippen molar-refractivity contribution in [3.8, 4) is 0 Å². The monoisotopic (exact) mass is 356 g/mol. The van der Waals surface area contributed by atoms with Gasteiger partial charge in [-0.3, -0.25) is 14.9 Å². The summed E-state index contributed by atoms with van der Waals surface area (Å²) in [4.78, 5) is 22.1. The number of hydrogen-bond donors (Lipinski definition) is 3. The van der Waals surface area contributed by atoms with Gasteiger partial charge in [-0.2, -0.15) is 0 Å². The lowest BCUT2D eigenvalue weighted by Crippen LogP contribution is -2.46. The molecule has 2 atom stereocenters. The molecule has 1 amide bonds. The van der Waals surface area contributed by atoms with Gasteiger partial charge in [-0.05, 0) is 44.9 Å². The molecule has 0 radical (unpaired) electrons. The van der Waals surface area contributed by atoms with Crippen LogP contribution in [0.25, 0.3) is 0 Å². The van der Waals surface area contributed by atoms with E-state index in [-0.39, 0.29) is 30.0 Å². The van der Waals surface area contributed by atoms with Crippen LogP contribution in [0.15, 0.2) is 24.3 Å². The molecule has 2 rings (SSSR count). The smallest absolute Gasteiger partial charge is 0.269 e. The minimum Gasteiger partial charge on any atom is -0.385 e. The minimum atomic E-state index is -0.421. The van der Waals surface area contributed by atoms with Crippen LogP contribution in [0.3, 0.4) is 0 Å². The van der Waals surface area contributed by atoms with Crippen molar-refractivity contribution in [1.29, 1.82) is 0 Å². The van der Waals surface area contributed by atoms with Crippen LogP contribution in [0.1, 0.15) is 32.6 Å². The van der Waals surface area contributed by atoms with Crippen molar-refractivity contribution in [2.45, 2.75) is 44.7 Å². The van der Waals surface area contributed by atoms with Crippen molar-refractivity contribution in [2.24, 2.45) is 0 Å². The number of hydrogen-bond acceptors (Lipinski definition) is 5. The third kappa shape index (κ3) is 6.72. The van der Waals surface area contributed by atoms with Gasteiger partial charge in [0.1, 0.15) is 0 Å². The van der Waals surface area contributed by atoms with E-state index in [1.165, 1.54) is 12.1 Å². The third-order valence-electron chi connectivity index (χ3n) is 3.98. The van der Waals surface area contributed by atoms with Crippen LogP contribution in [-0.2, 0) is 4.79 Å². The summed E-state index contributed by atoms with van der Waals surface area (Å²) in [5.74, 6) is 0.0922. The zero-order valence-corrected chi connectivity index (χ0v) is 14.6. The van der Waals surface area contributed by atoms with E-state index in [0.717, 1.165) is 31.5 Å². The summed E-state index contributed by atoms with van der Waals surface area (Å²) in [6.45, 7) is 3.74. The second-order valence-electron chi connectivity index (χ2n) is 5.98. The molecular formula is C16H25ClN4O3. The lowest BCUT2D eigenvalue weighted by Gasteiger charge is -2.28. The predicted molar refractivity (Wildman–Crippen MR) is 96.7 cm³/mol. The second-order valence-corrected chi connectivity index (χ2v) is 5.98. The number of nitro benzene ring substituents is 1. The summed E-state index contributed by atoms with van der Waals surface area (Å²) in [5.41, 5.74) is 0.898. The molecule has 8 heteroatoms. The van der Waals surface area contributed by atoms with Crippen LogP contribution in [0.5, 0.6) is 0 Å². The molecule has 0 bridgehead atoms. The Bertz CT molecular complexity index is 539. The zero-order chi connectivity index (χ0) is 16.7. The quantitative estimate of drug-likeness (QED) is 0.396. The minimum absolute atomic E-state index is 0. The highest BCUT2D eigenvalue weighted by atomic mass is 35.5. The summed E-state index contributed by atoms with van der Waals surface area (Å²) >= 11 is 0. The summed E-state index contributed by atoms with van der Waals surface area (Å²) in [5, 5.41) is 20.2. The number of nitrogens with one attached hydrogen (secondary N) is 3. The normalized spacial score (nSPS) is 19.9. The van der Waals surface area contributed by atoms with Gasteiger partial charge < -0.3 is 16.0 Å². The summed E-state index contributed by atoms with van der Waals surface area (Å²) in [7, 11) is 0. The fraction of sp³-hybridized carbons (Fsp3) is 0.562. The summed E-state index contributed by atoms with van der Waals surface area (Å²) < 4.78 is 0. The fourth-order valence-electron chi connectivity index (χ4n) is 2.75. The van der Waals surface area contributed by atoms with E-state index in [9.17, 15) is 14.9 Å². The van der Waals surface area contributed by atoms with Gasteiger partial charge in [0.05, 0.1) is 4.92 Å². The molecule has 1 heterocycles. The number of piperidine rings is 1. The molecule has 0 aliphatic carbocycles. The van der Waals surface area contributed by atoms with Gasteiger partial charge in [0.15, 0.2) is 0 Å². The molecule has 1 aliphatic heterocycles. The number of non-ortho nitro benzene ring substituents is 1. The van der Waals surface area contributed by atoms with E-state index < -0.39 is 4.92 Å². The SMILES string of the molecule is CC1CC(NC(=O)CCCNc2ccc([N+](=O)[O-])cc2)CCN1.Cl. The Morgan fingerprint density at radius 3 is 2.71 bits per heavy atom. The van der Waals surface area contributed by atoms with Crippen LogP contribution in [0, 0.1) is 10.1 Å². The largest absolute Gasteiger partial charge is 0.385 e. The number of nitro groups is 1. The molecule has 1 saturated heterocycles. The maximum Gasteiger partial charge on any atom is 0.269 e. The fourth-order valence-corrected chi connectivity index (χ4v) is 2.75. The maximum absolute atomic E-state index is 11.9. The number of rotatable bonds is 7. The molecule has 0 saturated carbocycles. The number of benzene rings is 1. The van der Waals surface area contributed by atoms with E-state index in [2.05, 4.69) is 22.9 Å². The van der Waals surface area contributed by atoms with Crippen molar-refractivity contribution in [1.82, 2.24) is 10.6 Å². The lowest BCUT2D eigenvalue weighted by atomic mass is 10.0. The van der Waals surface area contributed by atoms with Crippen LogP contribution >= 0.6 is 12.4 Å². The molecule has 24 heavy (non-hydrogen) atoms. The van der Waals surface area contributed by atoms with Gasteiger partial charge in [-0.1, -0.05) is 0 Å². The molecule has 1 aromatic rings. The number of amides is 1. The zero-order valence-electron chi connectivity index (χ0n) is 13.8. The summed E-state index contributed by atoms with van der Waals surface area (Å²) in [6.07, 6.45) is 3.17. The molecule has 0 spiro atoms. The topological polar surface area (TPSA) is 96.3 Å². The van der Waals surface area contributed by atoms with Crippen LogP contribution in [0.4, 0.5) is 11.4 Å². The molecule has 2 unspecified atom stereocenters. The Hall–Kier alpha value is -1.86. The highest BCUT2D eigenvalue weighted by molar-refractivity contribution is 5.85. The second kappa shape index (κ2) is 10.1. The number of halogens is 1. The Balaban J connectivity index is 0.00000288. The van der Waals surface area contributed by atoms with Gasteiger partial charge in [0.25, 0.3) is 5.69 Å². The molecule has 1 aromatic carbocycles. The first-order chi connectivity index (χ1) is 11.0. The van der Waals surface area contributed by atoms with Gasteiger partial charge in [0.2, 0.25) is 5.91 Å². The van der Waals surface area contributed by atoms with E-state index >= 15 is 0 Å². The highest BCUT2D eigenvalue weighted by Gasteiger charge is 2.19. The van der Waals surface area contributed by atoms with Crippen molar-refractivity contribution >= 4 is 29.7 Å². The molecule has 7 nitrogen and oxygen atoms in total. The number of anilines is 1. The molecule has 1 aliphatic rings. The first-order valence-corrected chi connectivity index (χ1v) is 8.05. The molecule has 3 N–H and O–H groups in total. The number of nitrogens with zero attached hydrogens (tertiary/aromatic N) is 1. The average Bonchev–Trinajstić information content (AvgIpc) is 2.52. The van der Waals surface area contributed by atoms with E-state index in [1.54, 1.807) is 12.1 Å². The Morgan fingerprint density at radius 2 is 2.08 bits per heavy atom. The average molecular weight is 357 g/mol. The third-order valence-corrected chi connectivity index (χ3v) is 3.98. The van der Waals surface area contributed by atoms with Gasteiger partial charge in [-0.25, -0.2) is 0 Å². The van der Waals surface area contributed by atoms with Gasteiger partial charge >= 0.3 is 0 Å². The molecule has 134 valence electrons. The molecule has 1 fully saturated rings. The molecule has 0 aromatic heterocycles. The Labute approximate surface area is 148 Å². The van der Waals surface area contributed by atoms with Crippen LogP contribution < -0.4 is 16.0 Å². The summed E-state index contributed by atoms with van der Waals surface area (Å²) in [6, 6.07) is 7.02. The predicted octanol–water partition coefficient (Wildman–Crippen LogP) is 2.47. The van der Waals surface area contributed by atoms with Crippen molar-refractivity contribution in [2.75, 3.05) is 18.4 Å². The van der Waals surface area contributed by atoms with Gasteiger partial charge in [-0.15, -0.1) is 12.4 Å². The maximum atomic E-state index is 11.9. The van der Waals surface area contributed by atoms with Gasteiger partial charge in [0, 0.05) is 42.9 Å². The number of carbonyl (C=O) groups excluding carboxylic acids is 1. The van der Waals surface area contributed by atoms with E-state index in [1.807, 2.05) is 0 Å².